The molecule has 3 nitrogen and oxygen atoms in total. The van der Waals surface area contributed by atoms with E-state index >= 15 is 0 Å². The van der Waals surface area contributed by atoms with E-state index in [0.717, 1.165) is 10.5 Å². The smallest absolute Gasteiger partial charge is 0.255 e. The molecule has 2 amide bonds. The van der Waals surface area contributed by atoms with Crippen LogP contribution < -0.4 is 0 Å². The van der Waals surface area contributed by atoms with E-state index in [0.29, 0.717) is 5.57 Å². The standard InChI is InChI=1S/C12H10ClNO2/c1-8(15)14-11(16)7-10(12(14)13)9-5-3-2-4-6-9/h2-7,12H,1H3. The van der Waals surface area contributed by atoms with Crippen LogP contribution in [-0.2, 0) is 9.59 Å². The van der Waals surface area contributed by atoms with E-state index in [1.807, 2.05) is 30.3 Å². The summed E-state index contributed by atoms with van der Waals surface area (Å²) in [4.78, 5) is 23.8. The van der Waals surface area contributed by atoms with Gasteiger partial charge in [-0.1, -0.05) is 41.9 Å². The number of alkyl halides is 1. The van der Waals surface area contributed by atoms with Crippen molar-refractivity contribution in [2.75, 3.05) is 0 Å². The Morgan fingerprint density at radius 1 is 1.31 bits per heavy atom. The third kappa shape index (κ3) is 1.74. The van der Waals surface area contributed by atoms with Crippen LogP contribution >= 0.6 is 11.6 Å². The second-order valence-corrected chi connectivity index (χ2v) is 3.94. The molecule has 0 radical (unpaired) electrons. The lowest BCUT2D eigenvalue weighted by Gasteiger charge is -2.18. The Hall–Kier alpha value is -1.61. The molecular weight excluding hydrogens is 226 g/mol. The topological polar surface area (TPSA) is 37.4 Å². The highest BCUT2D eigenvalue weighted by Gasteiger charge is 2.34. The summed E-state index contributed by atoms with van der Waals surface area (Å²) in [5.74, 6) is -0.696. The predicted molar refractivity (Wildman–Crippen MR) is 61.6 cm³/mol. The molecule has 1 aromatic rings. The number of amides is 2. The van der Waals surface area contributed by atoms with E-state index in [1.54, 1.807) is 0 Å². The van der Waals surface area contributed by atoms with E-state index in [-0.39, 0.29) is 11.8 Å². The largest absolute Gasteiger partial charge is 0.275 e. The second-order valence-electron chi connectivity index (χ2n) is 3.53. The molecule has 0 saturated carbocycles. The zero-order chi connectivity index (χ0) is 11.7. The van der Waals surface area contributed by atoms with Crippen LogP contribution in [0.15, 0.2) is 36.4 Å². The second kappa shape index (κ2) is 4.10. The number of rotatable bonds is 1. The molecule has 0 fully saturated rings. The Bertz CT molecular complexity index is 467. The Balaban J connectivity index is 2.36. The zero-order valence-electron chi connectivity index (χ0n) is 8.68. The minimum atomic E-state index is -0.701. The van der Waals surface area contributed by atoms with Crippen molar-refractivity contribution in [3.05, 3.63) is 42.0 Å². The maximum absolute atomic E-state index is 11.6. The molecule has 1 atom stereocenters. The van der Waals surface area contributed by atoms with Gasteiger partial charge in [-0.05, 0) is 5.56 Å². The first-order chi connectivity index (χ1) is 7.61. The molecule has 0 spiro atoms. The minimum absolute atomic E-state index is 0.341. The van der Waals surface area contributed by atoms with Crippen molar-refractivity contribution in [3.8, 4) is 0 Å². The number of halogens is 1. The van der Waals surface area contributed by atoms with Gasteiger partial charge >= 0.3 is 0 Å². The van der Waals surface area contributed by atoms with Crippen LogP contribution in [0.3, 0.4) is 0 Å². The van der Waals surface area contributed by atoms with Crippen LogP contribution in [0.25, 0.3) is 5.57 Å². The summed E-state index contributed by atoms with van der Waals surface area (Å²) in [5, 5.41) is 0. The molecule has 0 saturated heterocycles. The van der Waals surface area contributed by atoms with Gasteiger partial charge in [0.25, 0.3) is 5.91 Å². The van der Waals surface area contributed by atoms with E-state index in [4.69, 9.17) is 11.6 Å². The van der Waals surface area contributed by atoms with Crippen LogP contribution in [0, 0.1) is 0 Å². The van der Waals surface area contributed by atoms with Gasteiger partial charge in [-0.25, -0.2) is 0 Å². The molecule has 0 aliphatic carbocycles. The Morgan fingerprint density at radius 3 is 2.44 bits per heavy atom. The average molecular weight is 236 g/mol. The molecule has 2 rings (SSSR count). The molecule has 1 heterocycles. The van der Waals surface area contributed by atoms with Crippen LogP contribution in [0.5, 0.6) is 0 Å². The maximum Gasteiger partial charge on any atom is 0.255 e. The highest BCUT2D eigenvalue weighted by molar-refractivity contribution is 6.32. The fraction of sp³-hybridized carbons (Fsp3) is 0.167. The van der Waals surface area contributed by atoms with Crippen molar-refractivity contribution in [2.24, 2.45) is 0 Å². The SMILES string of the molecule is CC(=O)N1C(=O)C=C(c2ccccc2)C1Cl. The Kier molecular flexibility index (Phi) is 2.79. The van der Waals surface area contributed by atoms with Crippen molar-refractivity contribution in [1.29, 1.82) is 0 Å². The van der Waals surface area contributed by atoms with E-state index in [2.05, 4.69) is 0 Å². The van der Waals surface area contributed by atoms with Gasteiger partial charge < -0.3 is 0 Å². The van der Waals surface area contributed by atoms with Gasteiger partial charge in [0.15, 0.2) is 0 Å². The number of nitrogens with zero attached hydrogens (tertiary/aromatic N) is 1. The first-order valence-corrected chi connectivity index (χ1v) is 5.30. The molecular formula is C12H10ClNO2. The number of hydrogen-bond acceptors (Lipinski definition) is 2. The van der Waals surface area contributed by atoms with Crippen molar-refractivity contribution in [2.45, 2.75) is 12.4 Å². The summed E-state index contributed by atoms with van der Waals surface area (Å²) in [7, 11) is 0. The number of hydrogen-bond donors (Lipinski definition) is 0. The van der Waals surface area contributed by atoms with Gasteiger partial charge in [0.05, 0.1) is 0 Å². The summed E-state index contributed by atoms with van der Waals surface area (Å²) < 4.78 is 0. The Labute approximate surface area is 98.3 Å². The molecule has 1 aliphatic heterocycles. The molecule has 16 heavy (non-hydrogen) atoms. The van der Waals surface area contributed by atoms with Gasteiger partial charge in [0, 0.05) is 18.6 Å². The first kappa shape index (κ1) is 10.9. The van der Waals surface area contributed by atoms with Gasteiger partial charge in [0.2, 0.25) is 5.91 Å². The predicted octanol–water partition coefficient (Wildman–Crippen LogP) is 2.02. The maximum atomic E-state index is 11.6. The molecule has 0 N–H and O–H groups in total. The van der Waals surface area contributed by atoms with Gasteiger partial charge in [-0.15, -0.1) is 0 Å². The van der Waals surface area contributed by atoms with Crippen LogP contribution in [-0.4, -0.2) is 22.2 Å². The fourth-order valence-corrected chi connectivity index (χ4v) is 2.11. The third-order valence-corrected chi connectivity index (χ3v) is 2.88. The zero-order valence-corrected chi connectivity index (χ0v) is 9.44. The number of carbonyl (C=O) groups excluding carboxylic acids is 2. The normalized spacial score (nSPS) is 19.9. The van der Waals surface area contributed by atoms with Crippen molar-refractivity contribution >= 4 is 29.0 Å². The lowest BCUT2D eigenvalue weighted by molar-refractivity contribution is -0.139. The molecule has 82 valence electrons. The lowest BCUT2D eigenvalue weighted by atomic mass is 10.1. The summed E-state index contributed by atoms with van der Waals surface area (Å²) >= 11 is 6.08. The summed E-state index contributed by atoms with van der Waals surface area (Å²) in [5.41, 5.74) is 0.828. The summed E-state index contributed by atoms with van der Waals surface area (Å²) in [6, 6.07) is 9.32. The van der Waals surface area contributed by atoms with E-state index in [9.17, 15) is 9.59 Å². The summed E-state index contributed by atoms with van der Waals surface area (Å²) in [6.45, 7) is 1.33. The van der Waals surface area contributed by atoms with Crippen LogP contribution in [0.1, 0.15) is 12.5 Å². The summed E-state index contributed by atoms with van der Waals surface area (Å²) in [6.07, 6.45) is 1.41. The van der Waals surface area contributed by atoms with Crippen LogP contribution in [0.2, 0.25) is 0 Å². The molecule has 0 bridgehead atoms. The molecule has 1 aliphatic rings. The minimum Gasteiger partial charge on any atom is -0.275 e. The molecule has 0 aromatic heterocycles. The fourth-order valence-electron chi connectivity index (χ4n) is 1.69. The first-order valence-electron chi connectivity index (χ1n) is 4.86. The monoisotopic (exact) mass is 235 g/mol. The third-order valence-electron chi connectivity index (χ3n) is 2.45. The van der Waals surface area contributed by atoms with Gasteiger partial charge in [-0.2, -0.15) is 0 Å². The molecule has 4 heteroatoms. The molecule has 1 unspecified atom stereocenters. The van der Waals surface area contributed by atoms with E-state index < -0.39 is 5.50 Å². The van der Waals surface area contributed by atoms with Crippen molar-refractivity contribution in [1.82, 2.24) is 4.90 Å². The average Bonchev–Trinajstić information content (AvgIpc) is 2.55. The lowest BCUT2D eigenvalue weighted by Crippen LogP contribution is -2.35. The molecule has 1 aromatic carbocycles. The highest BCUT2D eigenvalue weighted by Crippen LogP contribution is 2.30. The quantitative estimate of drug-likeness (QED) is 0.552. The number of benzene rings is 1. The van der Waals surface area contributed by atoms with Gasteiger partial charge in [0.1, 0.15) is 5.50 Å². The van der Waals surface area contributed by atoms with Crippen molar-refractivity contribution < 1.29 is 9.59 Å². The van der Waals surface area contributed by atoms with Gasteiger partial charge in [-0.3, -0.25) is 14.5 Å². The number of carbonyl (C=O) groups is 2. The Morgan fingerprint density at radius 2 is 1.94 bits per heavy atom. The number of imide groups is 1. The van der Waals surface area contributed by atoms with Crippen LogP contribution in [0.4, 0.5) is 0 Å². The van der Waals surface area contributed by atoms with E-state index in [1.165, 1.54) is 13.0 Å². The highest BCUT2D eigenvalue weighted by atomic mass is 35.5. The van der Waals surface area contributed by atoms with Crippen molar-refractivity contribution in [3.63, 3.8) is 0 Å².